The normalized spacial score (nSPS) is 16.4. The molecule has 1 aromatic carbocycles. The number of carbonyl (C=O) groups excluding carboxylic acids is 1. The van der Waals surface area contributed by atoms with E-state index in [-0.39, 0.29) is 6.09 Å². The highest BCUT2D eigenvalue weighted by molar-refractivity contribution is 5.68. The number of nitrogens with zero attached hydrogens (tertiary/aromatic N) is 5. The Hall–Kier alpha value is -2.83. The fraction of sp³-hybridized carbons (Fsp3) is 0.450. The van der Waals surface area contributed by atoms with Gasteiger partial charge < -0.3 is 19.4 Å². The van der Waals surface area contributed by atoms with Gasteiger partial charge in [0.1, 0.15) is 5.82 Å². The van der Waals surface area contributed by atoms with E-state index in [9.17, 15) is 4.79 Å². The Morgan fingerprint density at radius 2 is 1.89 bits per heavy atom. The molecule has 0 spiro atoms. The van der Waals surface area contributed by atoms with Gasteiger partial charge in [-0.05, 0) is 31.9 Å². The van der Waals surface area contributed by atoms with E-state index < -0.39 is 0 Å². The lowest BCUT2D eigenvalue weighted by atomic mass is 10.2. The molecule has 0 aliphatic carbocycles. The average Bonchev–Trinajstić information content (AvgIpc) is 3.12. The van der Waals surface area contributed by atoms with Crippen LogP contribution in [0.2, 0.25) is 0 Å². The van der Waals surface area contributed by atoms with Gasteiger partial charge in [0.05, 0.1) is 6.61 Å². The molecule has 7 nitrogen and oxygen atoms in total. The van der Waals surface area contributed by atoms with Crippen LogP contribution in [0.25, 0.3) is 0 Å². The molecule has 7 heteroatoms. The van der Waals surface area contributed by atoms with E-state index in [4.69, 9.17) is 9.72 Å². The summed E-state index contributed by atoms with van der Waals surface area (Å²) in [6.07, 6.45) is 0.784. The number of para-hydroxylation sites is 1. The zero-order chi connectivity index (χ0) is 18.8. The number of rotatable bonds is 3. The van der Waals surface area contributed by atoms with Crippen molar-refractivity contribution in [3.63, 3.8) is 0 Å². The van der Waals surface area contributed by atoms with E-state index in [1.807, 2.05) is 19.9 Å². The molecule has 1 fully saturated rings. The molecule has 1 amide bonds. The predicted octanol–water partition coefficient (Wildman–Crippen LogP) is 2.76. The number of ether oxygens (including phenoxy) is 1. The van der Waals surface area contributed by atoms with Gasteiger partial charge in [-0.25, -0.2) is 9.78 Å². The number of anilines is 3. The number of carbonyl (C=O) groups is 1. The smallest absolute Gasteiger partial charge is 0.409 e. The molecule has 0 saturated carbocycles. The summed E-state index contributed by atoms with van der Waals surface area (Å²) in [4.78, 5) is 27.6. The summed E-state index contributed by atoms with van der Waals surface area (Å²) in [6.45, 7) is 7.91. The lowest BCUT2D eigenvalue weighted by molar-refractivity contribution is 0.105. The minimum absolute atomic E-state index is 0.231. The number of fused-ring (bicyclic) bond motifs is 1. The van der Waals surface area contributed by atoms with Crippen LogP contribution in [0.15, 0.2) is 30.3 Å². The molecule has 1 saturated heterocycles. The Kier molecular flexibility index (Phi) is 4.83. The van der Waals surface area contributed by atoms with Crippen molar-refractivity contribution < 1.29 is 9.53 Å². The fourth-order valence-electron chi connectivity index (χ4n) is 3.70. The fourth-order valence-corrected chi connectivity index (χ4v) is 3.70. The lowest BCUT2D eigenvalue weighted by Gasteiger charge is -2.35. The Morgan fingerprint density at radius 3 is 2.67 bits per heavy atom. The summed E-state index contributed by atoms with van der Waals surface area (Å²) < 4.78 is 5.10. The summed E-state index contributed by atoms with van der Waals surface area (Å²) in [5.74, 6) is 1.67. The maximum atomic E-state index is 11.9. The van der Waals surface area contributed by atoms with Gasteiger partial charge in [0.2, 0.25) is 5.95 Å². The first-order chi connectivity index (χ1) is 13.2. The molecule has 0 unspecified atom stereocenters. The van der Waals surface area contributed by atoms with Crippen molar-refractivity contribution >= 4 is 23.5 Å². The van der Waals surface area contributed by atoms with E-state index in [0.29, 0.717) is 19.7 Å². The van der Waals surface area contributed by atoms with E-state index in [1.54, 1.807) is 4.90 Å². The zero-order valence-corrected chi connectivity index (χ0v) is 15.9. The highest BCUT2D eigenvalue weighted by Gasteiger charge is 2.26. The quantitative estimate of drug-likeness (QED) is 0.831. The summed E-state index contributed by atoms with van der Waals surface area (Å²) in [5.41, 5.74) is 3.49. The number of aromatic nitrogens is 2. The molecule has 0 N–H and O–H groups in total. The number of amides is 1. The second-order valence-corrected chi connectivity index (χ2v) is 6.87. The SMILES string of the molecule is CCOC(=O)N1CCN(c2cc(C)nc(N3CCc4ccccc43)n2)CC1. The van der Waals surface area contributed by atoms with Crippen LogP contribution in [0.3, 0.4) is 0 Å². The first-order valence-electron chi connectivity index (χ1n) is 9.53. The largest absolute Gasteiger partial charge is 0.450 e. The van der Waals surface area contributed by atoms with E-state index in [0.717, 1.165) is 43.5 Å². The van der Waals surface area contributed by atoms with Gasteiger partial charge in [-0.2, -0.15) is 4.98 Å². The molecule has 142 valence electrons. The van der Waals surface area contributed by atoms with Crippen LogP contribution in [-0.2, 0) is 11.2 Å². The van der Waals surface area contributed by atoms with Gasteiger partial charge in [-0.15, -0.1) is 0 Å². The first-order valence-corrected chi connectivity index (χ1v) is 9.53. The number of benzene rings is 1. The van der Waals surface area contributed by atoms with Crippen molar-refractivity contribution in [1.29, 1.82) is 0 Å². The third kappa shape index (κ3) is 3.54. The van der Waals surface area contributed by atoms with Crippen LogP contribution in [0.5, 0.6) is 0 Å². The van der Waals surface area contributed by atoms with Crippen molar-refractivity contribution in [2.24, 2.45) is 0 Å². The summed E-state index contributed by atoms with van der Waals surface area (Å²) >= 11 is 0. The van der Waals surface area contributed by atoms with E-state index >= 15 is 0 Å². The van der Waals surface area contributed by atoms with E-state index in [2.05, 4.69) is 39.0 Å². The number of hydrogen-bond donors (Lipinski definition) is 0. The van der Waals surface area contributed by atoms with Gasteiger partial charge in [-0.1, -0.05) is 18.2 Å². The maximum absolute atomic E-state index is 11.9. The standard InChI is InChI=1S/C20H25N5O2/c1-3-27-20(26)24-12-10-23(11-13-24)18-14-15(2)21-19(22-18)25-9-8-16-6-4-5-7-17(16)25/h4-7,14H,3,8-13H2,1-2H3. The molecular weight excluding hydrogens is 342 g/mol. The molecule has 2 aromatic rings. The number of piperazine rings is 1. The van der Waals surface area contributed by atoms with Crippen molar-refractivity contribution in [1.82, 2.24) is 14.9 Å². The minimum Gasteiger partial charge on any atom is -0.450 e. The predicted molar refractivity (Wildman–Crippen MR) is 105 cm³/mol. The molecule has 0 bridgehead atoms. The molecule has 0 atom stereocenters. The van der Waals surface area contributed by atoms with Crippen LogP contribution in [0.4, 0.5) is 22.2 Å². The van der Waals surface area contributed by atoms with Crippen molar-refractivity contribution in [3.05, 3.63) is 41.6 Å². The topological polar surface area (TPSA) is 61.8 Å². The second-order valence-electron chi connectivity index (χ2n) is 6.87. The Bertz CT molecular complexity index is 833. The minimum atomic E-state index is -0.231. The van der Waals surface area contributed by atoms with Crippen LogP contribution in [0, 0.1) is 6.92 Å². The Labute approximate surface area is 159 Å². The van der Waals surface area contributed by atoms with Crippen molar-refractivity contribution in [2.45, 2.75) is 20.3 Å². The molecule has 0 radical (unpaired) electrons. The van der Waals surface area contributed by atoms with Crippen molar-refractivity contribution in [3.8, 4) is 0 Å². The van der Waals surface area contributed by atoms with Gasteiger partial charge in [0.15, 0.2) is 0 Å². The van der Waals surface area contributed by atoms with Crippen LogP contribution in [0.1, 0.15) is 18.2 Å². The molecule has 2 aliphatic heterocycles. The summed E-state index contributed by atoms with van der Waals surface area (Å²) in [5, 5.41) is 0. The van der Waals surface area contributed by atoms with Crippen LogP contribution in [-0.4, -0.2) is 60.3 Å². The van der Waals surface area contributed by atoms with Gasteiger partial charge in [0.25, 0.3) is 0 Å². The maximum Gasteiger partial charge on any atom is 0.409 e. The summed E-state index contributed by atoms with van der Waals surface area (Å²) in [7, 11) is 0. The van der Waals surface area contributed by atoms with Gasteiger partial charge in [-0.3, -0.25) is 0 Å². The second kappa shape index (κ2) is 7.42. The molecule has 2 aliphatic rings. The highest BCUT2D eigenvalue weighted by Crippen LogP contribution is 2.33. The van der Waals surface area contributed by atoms with Gasteiger partial charge in [0, 0.05) is 50.2 Å². The summed E-state index contributed by atoms with van der Waals surface area (Å²) in [6, 6.07) is 10.5. The molecule has 3 heterocycles. The molecule has 1 aromatic heterocycles. The third-order valence-electron chi connectivity index (χ3n) is 5.09. The monoisotopic (exact) mass is 367 g/mol. The molecule has 4 rings (SSSR count). The van der Waals surface area contributed by atoms with E-state index in [1.165, 1.54) is 11.3 Å². The van der Waals surface area contributed by atoms with Crippen molar-refractivity contribution in [2.75, 3.05) is 49.1 Å². The lowest BCUT2D eigenvalue weighted by Crippen LogP contribution is -2.49. The highest BCUT2D eigenvalue weighted by atomic mass is 16.6. The molecule has 27 heavy (non-hydrogen) atoms. The molecular formula is C20H25N5O2. The van der Waals surface area contributed by atoms with Crippen LogP contribution >= 0.6 is 0 Å². The first kappa shape index (κ1) is 17.6. The Morgan fingerprint density at radius 1 is 1.11 bits per heavy atom. The number of hydrogen-bond acceptors (Lipinski definition) is 6. The third-order valence-corrected chi connectivity index (χ3v) is 5.09. The Balaban J connectivity index is 1.52. The zero-order valence-electron chi connectivity index (χ0n) is 15.9. The van der Waals surface area contributed by atoms with Gasteiger partial charge >= 0.3 is 6.09 Å². The van der Waals surface area contributed by atoms with Crippen LogP contribution < -0.4 is 9.80 Å². The number of aryl methyl sites for hydroxylation is 1. The average molecular weight is 367 g/mol.